The van der Waals surface area contributed by atoms with E-state index in [0.717, 1.165) is 49.1 Å². The molecular formula is C61H54O21. The summed E-state index contributed by atoms with van der Waals surface area (Å²) in [4.78, 5) is 93.3. The lowest BCUT2D eigenvalue weighted by atomic mass is 10.0. The molecule has 0 fully saturated rings. The molecule has 0 aliphatic carbocycles. The number of carboxylic acids is 8. The number of hydrogen-bond acceptors (Lipinski definition) is 13. The number of benzene rings is 6. The number of rotatable bonds is 32. The molecule has 21 heteroatoms. The molecule has 0 unspecified atom stereocenters. The van der Waals surface area contributed by atoms with Crippen LogP contribution in [0, 0.1) is 0 Å². The van der Waals surface area contributed by atoms with Crippen molar-refractivity contribution in [2.45, 2.75) is 65.0 Å². The molecular weight excluding hydrogens is 1070 g/mol. The van der Waals surface area contributed by atoms with Crippen LogP contribution < -0.4 is 23.7 Å². The van der Waals surface area contributed by atoms with Crippen LogP contribution in [0.15, 0.2) is 146 Å². The summed E-state index contributed by atoms with van der Waals surface area (Å²) in [5.41, 5.74) is 0.944. The summed E-state index contributed by atoms with van der Waals surface area (Å²) in [6, 6.07) is 24.1. The number of carbonyl (C=O) groups is 8. The Morgan fingerprint density at radius 3 is 0.744 bits per heavy atom. The molecule has 6 aromatic rings. The zero-order valence-corrected chi connectivity index (χ0v) is 43.5. The molecule has 0 spiro atoms. The highest BCUT2D eigenvalue weighted by molar-refractivity contribution is 5.97. The first-order valence-electron chi connectivity index (χ1n) is 25.0. The van der Waals surface area contributed by atoms with E-state index < -0.39 is 47.8 Å². The topological polar surface area (TPSA) is 345 Å². The van der Waals surface area contributed by atoms with Gasteiger partial charge in [0.1, 0.15) is 61.8 Å². The Morgan fingerprint density at radius 1 is 0.256 bits per heavy atom. The molecule has 0 aliphatic heterocycles. The number of hydrogen-bond donors (Lipinski definition) is 8. The van der Waals surface area contributed by atoms with Crippen LogP contribution in [0.5, 0.6) is 28.7 Å². The molecule has 82 heavy (non-hydrogen) atoms. The van der Waals surface area contributed by atoms with Gasteiger partial charge in [-0.15, -0.1) is 0 Å². The van der Waals surface area contributed by atoms with Crippen molar-refractivity contribution in [1.82, 2.24) is 0 Å². The third-order valence-electron chi connectivity index (χ3n) is 11.8. The maximum Gasteiger partial charge on any atom is 0.335 e. The summed E-state index contributed by atoms with van der Waals surface area (Å²) in [7, 11) is 0. The minimum atomic E-state index is -1.35. The molecule has 0 saturated carbocycles. The fraction of sp³-hybridized carbons (Fsp3) is 0.180. The largest absolute Gasteiger partial charge is 0.490 e. The van der Waals surface area contributed by atoms with E-state index in [2.05, 4.69) is 18.2 Å². The Kier molecular flexibility index (Phi) is 21.6. The van der Waals surface area contributed by atoms with Gasteiger partial charge in [0.05, 0.1) is 44.5 Å². The van der Waals surface area contributed by atoms with Crippen molar-refractivity contribution in [3.8, 4) is 28.7 Å². The second-order valence-corrected chi connectivity index (χ2v) is 18.1. The maximum absolute atomic E-state index is 11.7. The minimum Gasteiger partial charge on any atom is -0.490 e. The molecule has 0 saturated heterocycles. The van der Waals surface area contributed by atoms with Gasteiger partial charge >= 0.3 is 47.8 Å². The number of unbranched alkanes of at least 4 members (excludes halogenated alkanes) is 2. The van der Waals surface area contributed by atoms with Crippen molar-refractivity contribution in [2.24, 2.45) is 0 Å². The molecule has 0 bridgehead atoms. The first-order valence-corrected chi connectivity index (χ1v) is 25.0. The van der Waals surface area contributed by atoms with Crippen LogP contribution in [0.3, 0.4) is 0 Å². The lowest BCUT2D eigenvalue weighted by Gasteiger charge is -2.14. The predicted molar refractivity (Wildman–Crippen MR) is 291 cm³/mol. The van der Waals surface area contributed by atoms with Crippen LogP contribution in [0.25, 0.3) is 0 Å². The van der Waals surface area contributed by atoms with Crippen molar-refractivity contribution in [2.75, 3.05) is 6.61 Å². The standard InChI is InChI=1S/C61H54O21/c62-54(63)41-20-42(55(64)65)25-50(24-41)79-32-37-14-36(15-38(16-37)33-80-51-26-43(56(66)67)21-44(27-51)57(68)69)12-10-8-6-4-2-1-3-5-7-9-11-13-78-49-18-39(34-81-52-28-45(58(70)71)22-46(29-52)59(72)73)17-40(19-49)35-82-53-30-47(60(74)75)23-48(31-53)61(76)77/h1,3,6,8-9,11,14-31H,2,4-5,7,10,12-13,32-35H2,(H,62,63)(H,64,65)(H,66,67)(H,68,69)(H,70,71)(H,72,73)(H,74,75)(H,76,77)/b3-1+,8-6+,11-9?. The van der Waals surface area contributed by atoms with Gasteiger partial charge in [-0.25, -0.2) is 38.4 Å². The minimum absolute atomic E-state index is 0.0122. The zero-order chi connectivity index (χ0) is 59.3. The molecule has 6 aromatic carbocycles. The third-order valence-corrected chi connectivity index (χ3v) is 11.8. The Bertz CT molecular complexity index is 2930. The Balaban J connectivity index is 1.02. The maximum atomic E-state index is 11.7. The number of carboxylic acid groups (broad SMARTS) is 8. The van der Waals surface area contributed by atoms with Gasteiger partial charge in [0.15, 0.2) is 0 Å². The molecule has 6 rings (SSSR count). The quantitative estimate of drug-likeness (QED) is 0.0144. The summed E-state index contributed by atoms with van der Waals surface area (Å²) in [6.07, 6.45) is 16.2. The van der Waals surface area contributed by atoms with Crippen LogP contribution in [0.2, 0.25) is 0 Å². The lowest BCUT2D eigenvalue weighted by molar-refractivity contribution is 0.0675. The van der Waals surface area contributed by atoms with Crippen molar-refractivity contribution < 1.29 is 103 Å². The molecule has 0 heterocycles. The van der Waals surface area contributed by atoms with E-state index in [1.807, 2.05) is 30.4 Å². The summed E-state index contributed by atoms with van der Waals surface area (Å²) in [5, 5.41) is 76.0. The van der Waals surface area contributed by atoms with Gasteiger partial charge in [-0.3, -0.25) is 0 Å². The van der Waals surface area contributed by atoms with Gasteiger partial charge in [0.2, 0.25) is 0 Å². The molecule has 0 radical (unpaired) electrons. The fourth-order valence-corrected chi connectivity index (χ4v) is 7.95. The normalized spacial score (nSPS) is 11.1. The molecule has 0 aliphatic rings. The first kappa shape index (κ1) is 60.5. The van der Waals surface area contributed by atoms with Crippen molar-refractivity contribution in [3.05, 3.63) is 218 Å². The number of aromatic carboxylic acids is 8. The van der Waals surface area contributed by atoms with E-state index >= 15 is 0 Å². The third kappa shape index (κ3) is 19.0. The van der Waals surface area contributed by atoms with E-state index in [9.17, 15) is 79.2 Å². The molecule has 8 N–H and O–H groups in total. The van der Waals surface area contributed by atoms with Crippen LogP contribution in [0.1, 0.15) is 143 Å². The molecule has 0 aromatic heterocycles. The van der Waals surface area contributed by atoms with Gasteiger partial charge in [-0.2, -0.15) is 0 Å². The van der Waals surface area contributed by atoms with Gasteiger partial charge in [0, 0.05) is 0 Å². The van der Waals surface area contributed by atoms with E-state index in [-0.39, 0.29) is 101 Å². The van der Waals surface area contributed by atoms with E-state index in [4.69, 9.17) is 23.7 Å². The molecule has 0 atom stereocenters. The highest BCUT2D eigenvalue weighted by Crippen LogP contribution is 2.27. The molecule has 424 valence electrons. The van der Waals surface area contributed by atoms with E-state index in [0.29, 0.717) is 47.3 Å². The zero-order valence-electron chi connectivity index (χ0n) is 43.5. The van der Waals surface area contributed by atoms with Crippen LogP contribution in [-0.4, -0.2) is 95.2 Å². The van der Waals surface area contributed by atoms with Gasteiger partial charge in [-0.05, 0) is 163 Å². The summed E-state index contributed by atoms with van der Waals surface area (Å²) in [5.74, 6) is -10.3. The van der Waals surface area contributed by atoms with Crippen molar-refractivity contribution >= 4 is 47.8 Å². The summed E-state index contributed by atoms with van der Waals surface area (Å²) >= 11 is 0. The number of allylic oxidation sites excluding steroid dienone is 5. The molecule has 21 nitrogen and oxygen atoms in total. The SMILES string of the molecule is O=C(O)c1cc(OCc2cc(CC/C=C/CC/C=C/CCC=CCOc3cc(COc4cc(C(=O)O)cc(C(=O)O)c4)cc(COc4cc(C(=O)O)cc(C(=O)O)c4)c3)cc(COc3cc(C(=O)O)cc(C(=O)O)c3)c2)cc(C(=O)O)c1. The molecule has 0 amide bonds. The van der Waals surface area contributed by atoms with Crippen molar-refractivity contribution in [1.29, 1.82) is 0 Å². The van der Waals surface area contributed by atoms with Gasteiger partial charge in [0.25, 0.3) is 0 Å². The predicted octanol–water partition coefficient (Wildman–Crippen LogP) is 10.8. The average molecular weight is 1120 g/mol. The highest BCUT2D eigenvalue weighted by Gasteiger charge is 2.18. The van der Waals surface area contributed by atoms with Crippen LogP contribution in [-0.2, 0) is 32.8 Å². The number of ether oxygens (including phenoxy) is 5. The Hall–Kier alpha value is -10.7. The second kappa shape index (κ2) is 29.3. The van der Waals surface area contributed by atoms with Gasteiger partial charge < -0.3 is 64.5 Å². The first-order chi connectivity index (χ1) is 39.2. The van der Waals surface area contributed by atoms with Crippen LogP contribution >= 0.6 is 0 Å². The fourth-order valence-electron chi connectivity index (χ4n) is 7.95. The summed E-state index contributed by atoms with van der Waals surface area (Å²) in [6.45, 7) is -0.298. The van der Waals surface area contributed by atoms with E-state index in [1.54, 1.807) is 24.3 Å². The summed E-state index contributed by atoms with van der Waals surface area (Å²) < 4.78 is 29.4. The Morgan fingerprint density at radius 2 is 0.476 bits per heavy atom. The monoisotopic (exact) mass is 1120 g/mol. The lowest BCUT2D eigenvalue weighted by Crippen LogP contribution is -2.06. The second-order valence-electron chi connectivity index (χ2n) is 18.1. The average Bonchev–Trinajstić information content (AvgIpc) is 3.50. The van der Waals surface area contributed by atoms with E-state index in [1.165, 1.54) is 48.5 Å². The number of aryl methyl sites for hydroxylation is 1. The Labute approximate surface area is 467 Å². The smallest absolute Gasteiger partial charge is 0.335 e. The van der Waals surface area contributed by atoms with Crippen molar-refractivity contribution in [3.63, 3.8) is 0 Å². The van der Waals surface area contributed by atoms with Crippen LogP contribution in [0.4, 0.5) is 0 Å². The highest BCUT2D eigenvalue weighted by atomic mass is 16.5. The van der Waals surface area contributed by atoms with Gasteiger partial charge in [-0.1, -0.05) is 48.6 Å².